The molecular weight excluding hydrogens is 414 g/mol. The third-order valence-corrected chi connectivity index (χ3v) is 5.50. The fraction of sp³-hybridized carbons (Fsp3) is 0.211. The van der Waals surface area contributed by atoms with Crippen molar-refractivity contribution in [2.45, 2.75) is 0 Å². The van der Waals surface area contributed by atoms with E-state index in [4.69, 9.17) is 26.4 Å². The molecule has 0 bridgehead atoms. The number of thiocarbonyl (C=S) groups is 1. The van der Waals surface area contributed by atoms with Crippen LogP contribution in [0.2, 0.25) is 0 Å². The summed E-state index contributed by atoms with van der Waals surface area (Å²) < 4.78 is 17.9. The third-order valence-electron chi connectivity index (χ3n) is 4.20. The Morgan fingerprint density at radius 1 is 1.17 bits per heavy atom. The van der Waals surface area contributed by atoms with E-state index in [-0.39, 0.29) is 9.88 Å². The number of thioether (sulfide) groups is 1. The van der Waals surface area contributed by atoms with Gasteiger partial charge in [0.25, 0.3) is 11.8 Å². The molecule has 10 heteroatoms. The second-order valence-corrected chi connectivity index (χ2v) is 7.59. The molecule has 2 amide bonds. The van der Waals surface area contributed by atoms with Crippen LogP contribution in [0, 0.1) is 0 Å². The monoisotopic (exact) mass is 433 g/mol. The van der Waals surface area contributed by atoms with Gasteiger partial charge >= 0.3 is 0 Å². The number of aryl methyl sites for hydroxylation is 1. The Balaban J connectivity index is 1.84. The van der Waals surface area contributed by atoms with E-state index in [1.807, 2.05) is 29.9 Å². The van der Waals surface area contributed by atoms with Gasteiger partial charge in [0.15, 0.2) is 15.8 Å². The summed E-state index contributed by atoms with van der Waals surface area (Å²) in [5.74, 6) is 0.0716. The molecule has 8 nitrogen and oxygen atoms in total. The fourth-order valence-corrected chi connectivity index (χ4v) is 3.87. The topological polar surface area (TPSA) is 82.0 Å². The number of nitrogens with zero attached hydrogens (tertiary/aromatic N) is 2. The number of amides is 2. The van der Waals surface area contributed by atoms with Crippen LogP contribution in [0.15, 0.2) is 35.4 Å². The van der Waals surface area contributed by atoms with Gasteiger partial charge in [-0.1, -0.05) is 11.8 Å². The van der Waals surface area contributed by atoms with Crippen LogP contribution in [0.25, 0.3) is 6.08 Å². The lowest BCUT2D eigenvalue weighted by Crippen LogP contribution is -2.44. The molecule has 1 aliphatic heterocycles. The van der Waals surface area contributed by atoms with Crippen LogP contribution in [-0.4, -0.2) is 47.0 Å². The Hall–Kier alpha value is -2.98. The summed E-state index contributed by atoms with van der Waals surface area (Å²) in [6.07, 6.45) is 3.60. The Labute approximate surface area is 177 Å². The summed E-state index contributed by atoms with van der Waals surface area (Å²) in [6.45, 7) is 0. The molecule has 0 unspecified atom stereocenters. The number of ether oxygens (including phenoxy) is 3. The Morgan fingerprint density at radius 3 is 2.34 bits per heavy atom. The first-order chi connectivity index (χ1) is 13.9. The molecule has 29 heavy (non-hydrogen) atoms. The molecule has 0 aliphatic carbocycles. The van der Waals surface area contributed by atoms with Gasteiger partial charge < -0.3 is 18.8 Å². The van der Waals surface area contributed by atoms with Gasteiger partial charge in [0.2, 0.25) is 5.75 Å². The van der Waals surface area contributed by atoms with E-state index < -0.39 is 11.8 Å². The van der Waals surface area contributed by atoms with E-state index in [0.717, 1.165) is 22.5 Å². The molecule has 152 valence electrons. The smallest absolute Gasteiger partial charge is 0.285 e. The van der Waals surface area contributed by atoms with Gasteiger partial charge in [0.1, 0.15) is 0 Å². The van der Waals surface area contributed by atoms with Crippen LogP contribution in [0.4, 0.5) is 0 Å². The molecule has 0 atom stereocenters. The molecule has 0 saturated carbocycles. The number of carbonyl (C=O) groups is 2. The normalized spacial score (nSPS) is 15.0. The average molecular weight is 434 g/mol. The second kappa shape index (κ2) is 8.58. The Morgan fingerprint density at radius 2 is 1.83 bits per heavy atom. The van der Waals surface area contributed by atoms with Crippen molar-refractivity contribution in [2.24, 2.45) is 7.05 Å². The summed E-state index contributed by atoms with van der Waals surface area (Å²) in [7, 11) is 6.25. The van der Waals surface area contributed by atoms with Gasteiger partial charge in [0.05, 0.1) is 26.2 Å². The molecule has 0 spiro atoms. The zero-order chi connectivity index (χ0) is 21.1. The summed E-state index contributed by atoms with van der Waals surface area (Å²) in [4.78, 5) is 25.9. The number of carbonyl (C=O) groups excluding carboxylic acids is 2. The second-order valence-electron chi connectivity index (χ2n) is 5.92. The van der Waals surface area contributed by atoms with E-state index >= 15 is 0 Å². The maximum Gasteiger partial charge on any atom is 0.285 e. The standard InChI is InChI=1S/C19H19N3O5S2/c1-21-7-5-6-12(21)10-15-18(24)22(19(28)29-15)20-17(23)11-8-13(25-2)16(27-4)14(9-11)26-3/h5-10H,1-4H3,(H,20,23)/b15-10+. The van der Waals surface area contributed by atoms with Crippen LogP contribution in [0.5, 0.6) is 17.2 Å². The summed E-state index contributed by atoms with van der Waals surface area (Å²) >= 11 is 6.38. The van der Waals surface area contributed by atoms with Crippen molar-refractivity contribution < 1.29 is 23.8 Å². The highest BCUT2D eigenvalue weighted by atomic mass is 32.2. The molecule has 1 aromatic heterocycles. The fourth-order valence-electron chi connectivity index (χ4n) is 2.70. The van der Waals surface area contributed by atoms with Crippen molar-refractivity contribution in [3.63, 3.8) is 0 Å². The molecule has 3 rings (SSSR count). The lowest BCUT2D eigenvalue weighted by molar-refractivity contribution is -0.123. The van der Waals surface area contributed by atoms with Gasteiger partial charge in [-0.3, -0.25) is 15.0 Å². The van der Waals surface area contributed by atoms with Gasteiger partial charge in [0, 0.05) is 24.5 Å². The van der Waals surface area contributed by atoms with E-state index in [1.54, 1.807) is 6.08 Å². The number of nitrogens with one attached hydrogen (secondary N) is 1. The minimum Gasteiger partial charge on any atom is -0.493 e. The number of hydrazine groups is 1. The molecule has 0 radical (unpaired) electrons. The first-order valence-electron chi connectivity index (χ1n) is 8.39. The van der Waals surface area contributed by atoms with Gasteiger partial charge in [-0.25, -0.2) is 0 Å². The first kappa shape index (κ1) is 20.7. The van der Waals surface area contributed by atoms with Crippen molar-refractivity contribution in [1.82, 2.24) is 15.0 Å². The van der Waals surface area contributed by atoms with Crippen LogP contribution < -0.4 is 19.6 Å². The highest BCUT2D eigenvalue weighted by Gasteiger charge is 2.34. The van der Waals surface area contributed by atoms with Crippen LogP contribution in [0.3, 0.4) is 0 Å². The highest BCUT2D eigenvalue weighted by molar-refractivity contribution is 8.26. The molecule has 2 aromatic rings. The molecule has 2 heterocycles. The number of hydrogen-bond acceptors (Lipinski definition) is 7. The maximum atomic E-state index is 12.8. The highest BCUT2D eigenvalue weighted by Crippen LogP contribution is 2.38. The maximum absolute atomic E-state index is 12.8. The summed E-state index contributed by atoms with van der Waals surface area (Å²) in [5.41, 5.74) is 3.61. The summed E-state index contributed by atoms with van der Waals surface area (Å²) in [6, 6.07) is 6.74. The van der Waals surface area contributed by atoms with E-state index in [9.17, 15) is 9.59 Å². The molecule has 1 aliphatic rings. The van der Waals surface area contributed by atoms with Crippen molar-refractivity contribution in [3.05, 3.63) is 46.6 Å². The lowest BCUT2D eigenvalue weighted by Gasteiger charge is -2.17. The van der Waals surface area contributed by atoms with Gasteiger partial charge in [-0.05, 0) is 42.6 Å². The molecule has 1 aromatic carbocycles. The van der Waals surface area contributed by atoms with Crippen molar-refractivity contribution >= 4 is 46.2 Å². The largest absolute Gasteiger partial charge is 0.493 e. The molecule has 1 N–H and O–H groups in total. The first-order valence-corrected chi connectivity index (χ1v) is 9.62. The number of benzene rings is 1. The predicted molar refractivity (Wildman–Crippen MR) is 114 cm³/mol. The number of methoxy groups -OCH3 is 3. The zero-order valence-electron chi connectivity index (χ0n) is 16.2. The minimum atomic E-state index is -0.541. The Bertz CT molecular complexity index is 990. The predicted octanol–water partition coefficient (Wildman–Crippen LogP) is 2.60. The van der Waals surface area contributed by atoms with Crippen LogP contribution in [0.1, 0.15) is 16.1 Å². The third kappa shape index (κ3) is 4.08. The average Bonchev–Trinajstić information content (AvgIpc) is 3.24. The van der Waals surface area contributed by atoms with Gasteiger partial charge in [-0.15, -0.1) is 0 Å². The molecule has 1 saturated heterocycles. The number of hydrogen-bond donors (Lipinski definition) is 1. The quantitative estimate of drug-likeness (QED) is 0.554. The van der Waals surface area contributed by atoms with Crippen LogP contribution in [-0.2, 0) is 11.8 Å². The number of aromatic nitrogens is 1. The molecular formula is C19H19N3O5S2. The van der Waals surface area contributed by atoms with Crippen molar-refractivity contribution in [1.29, 1.82) is 0 Å². The zero-order valence-corrected chi connectivity index (χ0v) is 17.8. The number of rotatable bonds is 6. The van der Waals surface area contributed by atoms with E-state index in [1.165, 1.54) is 33.5 Å². The van der Waals surface area contributed by atoms with Gasteiger partial charge in [-0.2, -0.15) is 5.01 Å². The summed E-state index contributed by atoms with van der Waals surface area (Å²) in [5, 5.41) is 1.06. The van der Waals surface area contributed by atoms with E-state index in [0.29, 0.717) is 22.2 Å². The van der Waals surface area contributed by atoms with Crippen molar-refractivity contribution in [3.8, 4) is 17.2 Å². The molecule has 1 fully saturated rings. The van der Waals surface area contributed by atoms with Crippen molar-refractivity contribution in [2.75, 3.05) is 21.3 Å². The minimum absolute atomic E-state index is 0.222. The Kier molecular flexibility index (Phi) is 6.14. The van der Waals surface area contributed by atoms with Crippen LogP contribution >= 0.6 is 24.0 Å². The lowest BCUT2D eigenvalue weighted by atomic mass is 10.1. The van der Waals surface area contributed by atoms with E-state index in [2.05, 4.69) is 5.43 Å². The SMILES string of the molecule is COc1cc(C(=O)NN2C(=O)/C(=C\c3cccn3C)SC2=S)cc(OC)c1OC.